The minimum absolute atomic E-state index is 0.0403. The number of benzene rings is 1. The molecule has 0 unspecified atom stereocenters. The van der Waals surface area contributed by atoms with Crippen molar-refractivity contribution in [3.05, 3.63) is 71.8 Å². The number of carbonyl (C=O) groups is 1. The molecule has 0 atom stereocenters. The van der Waals surface area contributed by atoms with E-state index in [9.17, 15) is 4.79 Å². The quantitative estimate of drug-likeness (QED) is 0.588. The van der Waals surface area contributed by atoms with E-state index >= 15 is 0 Å². The normalized spacial score (nSPS) is 14.5. The maximum atomic E-state index is 12.6. The monoisotopic (exact) mass is 433 g/mol. The fraction of sp³-hybridized carbons (Fsp3) is 0.333. The third kappa shape index (κ3) is 5.61. The molecule has 3 aromatic rings. The molecule has 1 aromatic carbocycles. The summed E-state index contributed by atoms with van der Waals surface area (Å²) in [5.74, 6) is 1.09. The molecular formula is C24H27N5OS. The molecular weight excluding hydrogens is 406 g/mol. The first-order valence-corrected chi connectivity index (χ1v) is 11.4. The van der Waals surface area contributed by atoms with Crippen LogP contribution in [0.5, 0.6) is 0 Å². The fourth-order valence-electron chi connectivity index (χ4n) is 3.70. The lowest BCUT2D eigenvalue weighted by Crippen LogP contribution is -2.40. The number of piperidine rings is 1. The number of aryl methyl sites for hydroxylation is 2. The van der Waals surface area contributed by atoms with Gasteiger partial charge in [-0.25, -0.2) is 9.97 Å². The molecule has 7 heteroatoms. The van der Waals surface area contributed by atoms with Gasteiger partial charge in [-0.1, -0.05) is 30.0 Å². The Bertz CT molecular complexity index is 1040. The topological polar surface area (TPSA) is 71.0 Å². The number of carbonyl (C=O) groups excluding carboxylic acids is 1. The molecule has 1 aliphatic rings. The van der Waals surface area contributed by atoms with Crippen molar-refractivity contribution in [3.8, 4) is 0 Å². The maximum Gasteiger partial charge on any atom is 0.223 e. The molecule has 0 spiro atoms. The van der Waals surface area contributed by atoms with Gasteiger partial charge in [0.25, 0.3) is 0 Å². The van der Waals surface area contributed by atoms with E-state index in [4.69, 9.17) is 0 Å². The highest BCUT2D eigenvalue weighted by atomic mass is 32.2. The second-order valence-electron chi connectivity index (χ2n) is 7.93. The van der Waals surface area contributed by atoms with Crippen molar-refractivity contribution in [1.82, 2.24) is 20.3 Å². The van der Waals surface area contributed by atoms with Gasteiger partial charge in [-0.15, -0.1) is 0 Å². The van der Waals surface area contributed by atoms with Gasteiger partial charge in [-0.2, -0.15) is 0 Å². The van der Waals surface area contributed by atoms with Crippen LogP contribution in [0.25, 0.3) is 0 Å². The Balaban J connectivity index is 1.33. The van der Waals surface area contributed by atoms with E-state index in [1.807, 2.05) is 12.1 Å². The first-order valence-electron chi connectivity index (χ1n) is 10.6. The van der Waals surface area contributed by atoms with E-state index in [0.717, 1.165) is 42.3 Å². The molecule has 160 valence electrons. The first-order chi connectivity index (χ1) is 15.1. The number of rotatable bonds is 6. The molecule has 3 heterocycles. The Hall–Kier alpha value is -2.93. The van der Waals surface area contributed by atoms with Crippen molar-refractivity contribution in [1.29, 1.82) is 0 Å². The average Bonchev–Trinajstić information content (AvgIpc) is 2.81. The first kappa shape index (κ1) is 21.3. The Morgan fingerprint density at radius 2 is 2.00 bits per heavy atom. The summed E-state index contributed by atoms with van der Waals surface area (Å²) in [6.07, 6.45) is 6.80. The second-order valence-corrected chi connectivity index (χ2v) is 8.99. The van der Waals surface area contributed by atoms with Crippen molar-refractivity contribution >= 4 is 23.5 Å². The number of hydrogen-bond acceptors (Lipinski definition) is 6. The van der Waals surface area contributed by atoms with E-state index in [1.165, 1.54) is 16.0 Å². The summed E-state index contributed by atoms with van der Waals surface area (Å²) in [6.45, 7) is 6.38. The SMILES string of the molecule is Cc1ccc(C)c(Sc2cc(N3CCC(C(=O)NCc4cccnc4)CC3)ncn2)c1. The van der Waals surface area contributed by atoms with Gasteiger partial charge in [0.05, 0.1) is 0 Å². The van der Waals surface area contributed by atoms with Gasteiger partial charge in [-0.05, 0) is 55.5 Å². The van der Waals surface area contributed by atoms with Crippen LogP contribution in [0.15, 0.2) is 65.0 Å². The van der Waals surface area contributed by atoms with Gasteiger partial charge in [0.2, 0.25) is 5.91 Å². The van der Waals surface area contributed by atoms with Gasteiger partial charge in [0.1, 0.15) is 17.2 Å². The van der Waals surface area contributed by atoms with Crippen LogP contribution in [0, 0.1) is 19.8 Å². The number of amides is 1. The Morgan fingerprint density at radius 3 is 2.77 bits per heavy atom. The zero-order valence-corrected chi connectivity index (χ0v) is 18.7. The summed E-state index contributed by atoms with van der Waals surface area (Å²) in [5.41, 5.74) is 3.50. The molecule has 6 nitrogen and oxygen atoms in total. The van der Waals surface area contributed by atoms with Crippen LogP contribution in [0.4, 0.5) is 5.82 Å². The van der Waals surface area contributed by atoms with Crippen molar-refractivity contribution in [2.24, 2.45) is 5.92 Å². The highest BCUT2D eigenvalue weighted by Gasteiger charge is 2.25. The molecule has 1 fully saturated rings. The van der Waals surface area contributed by atoms with Crippen molar-refractivity contribution in [3.63, 3.8) is 0 Å². The summed E-state index contributed by atoms with van der Waals surface area (Å²) in [4.78, 5) is 29.0. The van der Waals surface area contributed by atoms with E-state index in [1.54, 1.807) is 30.5 Å². The number of hydrogen-bond donors (Lipinski definition) is 1. The lowest BCUT2D eigenvalue weighted by molar-refractivity contribution is -0.125. The maximum absolute atomic E-state index is 12.6. The third-order valence-corrected chi connectivity index (χ3v) is 6.66. The molecule has 1 amide bonds. The van der Waals surface area contributed by atoms with Gasteiger partial charge >= 0.3 is 0 Å². The third-order valence-electron chi connectivity index (χ3n) is 5.57. The summed E-state index contributed by atoms with van der Waals surface area (Å²) >= 11 is 1.67. The minimum Gasteiger partial charge on any atom is -0.356 e. The summed E-state index contributed by atoms with van der Waals surface area (Å²) < 4.78 is 0. The average molecular weight is 434 g/mol. The molecule has 0 saturated carbocycles. The van der Waals surface area contributed by atoms with Gasteiger partial charge < -0.3 is 10.2 Å². The molecule has 0 aliphatic carbocycles. The van der Waals surface area contributed by atoms with E-state index in [-0.39, 0.29) is 11.8 Å². The summed E-state index contributed by atoms with van der Waals surface area (Å²) in [5, 5.41) is 3.98. The summed E-state index contributed by atoms with van der Waals surface area (Å²) in [6, 6.07) is 12.4. The van der Waals surface area contributed by atoms with E-state index in [2.05, 4.69) is 63.3 Å². The number of anilines is 1. The predicted molar refractivity (Wildman–Crippen MR) is 123 cm³/mol. The molecule has 31 heavy (non-hydrogen) atoms. The van der Waals surface area contributed by atoms with Gasteiger partial charge in [-0.3, -0.25) is 9.78 Å². The predicted octanol–water partition coefficient (Wildman–Crippen LogP) is 4.17. The fourth-order valence-corrected chi connectivity index (χ4v) is 4.66. The van der Waals surface area contributed by atoms with Crippen LogP contribution in [0.1, 0.15) is 29.5 Å². The van der Waals surface area contributed by atoms with E-state index in [0.29, 0.717) is 6.54 Å². The second kappa shape index (κ2) is 9.92. The molecule has 4 rings (SSSR count). The lowest BCUT2D eigenvalue weighted by Gasteiger charge is -2.32. The van der Waals surface area contributed by atoms with Crippen LogP contribution in [-0.4, -0.2) is 33.9 Å². The van der Waals surface area contributed by atoms with Crippen LogP contribution in [0.2, 0.25) is 0 Å². The highest BCUT2D eigenvalue weighted by Crippen LogP contribution is 2.31. The Kier molecular flexibility index (Phi) is 6.82. The smallest absolute Gasteiger partial charge is 0.223 e. The van der Waals surface area contributed by atoms with Crippen LogP contribution >= 0.6 is 11.8 Å². The van der Waals surface area contributed by atoms with E-state index < -0.39 is 0 Å². The number of nitrogens with zero attached hydrogens (tertiary/aromatic N) is 4. The molecule has 1 N–H and O–H groups in total. The van der Waals surface area contributed by atoms with Crippen LogP contribution in [-0.2, 0) is 11.3 Å². The van der Waals surface area contributed by atoms with Gasteiger partial charge in [0, 0.05) is 48.9 Å². The highest BCUT2D eigenvalue weighted by molar-refractivity contribution is 7.99. The van der Waals surface area contributed by atoms with Crippen LogP contribution < -0.4 is 10.2 Å². The van der Waals surface area contributed by atoms with Crippen LogP contribution in [0.3, 0.4) is 0 Å². The molecule has 0 bridgehead atoms. The zero-order chi connectivity index (χ0) is 21.6. The van der Waals surface area contributed by atoms with Gasteiger partial charge in [0.15, 0.2) is 0 Å². The Labute approximate surface area is 187 Å². The van der Waals surface area contributed by atoms with Crippen molar-refractivity contribution in [2.75, 3.05) is 18.0 Å². The molecule has 1 aliphatic heterocycles. The number of pyridine rings is 1. The lowest BCUT2D eigenvalue weighted by atomic mass is 9.96. The molecule has 1 saturated heterocycles. The standard InChI is InChI=1S/C24H27N5OS/c1-17-5-6-18(2)21(12-17)31-23-13-22(27-16-28-23)29-10-7-20(8-11-29)24(30)26-15-19-4-3-9-25-14-19/h3-6,9,12-14,16,20H,7-8,10-11,15H2,1-2H3,(H,26,30). The Morgan fingerprint density at radius 1 is 1.16 bits per heavy atom. The minimum atomic E-state index is 0.0403. The number of aromatic nitrogens is 3. The zero-order valence-electron chi connectivity index (χ0n) is 17.9. The summed E-state index contributed by atoms with van der Waals surface area (Å²) in [7, 11) is 0. The van der Waals surface area contributed by atoms with Crippen molar-refractivity contribution in [2.45, 2.75) is 43.2 Å². The largest absolute Gasteiger partial charge is 0.356 e. The molecule has 2 aromatic heterocycles. The number of nitrogens with one attached hydrogen (secondary N) is 1. The van der Waals surface area contributed by atoms with Crippen molar-refractivity contribution < 1.29 is 4.79 Å². The molecule has 0 radical (unpaired) electrons.